The van der Waals surface area contributed by atoms with Crippen molar-refractivity contribution in [3.63, 3.8) is 0 Å². The van der Waals surface area contributed by atoms with Crippen LogP contribution < -0.4 is 0 Å². The fourth-order valence-corrected chi connectivity index (χ4v) is 1.79. The summed E-state index contributed by atoms with van der Waals surface area (Å²) in [5.41, 5.74) is 0.616. The summed E-state index contributed by atoms with van der Waals surface area (Å²) >= 11 is 0. The van der Waals surface area contributed by atoms with Crippen LogP contribution in [0.4, 0.5) is 4.39 Å². The van der Waals surface area contributed by atoms with Crippen LogP contribution in [0.3, 0.4) is 0 Å². The molecule has 1 fully saturated rings. The third kappa shape index (κ3) is 2.80. The number of rotatable bonds is 5. The molecule has 0 bridgehead atoms. The lowest BCUT2D eigenvalue weighted by atomic mass is 9.98. The molecular formula is C13H17FO2. The smallest absolute Gasteiger partial charge is 0.128 e. The highest BCUT2D eigenvalue weighted by Gasteiger charge is 2.27. The van der Waals surface area contributed by atoms with E-state index in [2.05, 4.69) is 6.92 Å². The maximum Gasteiger partial charge on any atom is 0.128 e. The van der Waals surface area contributed by atoms with E-state index in [1.54, 1.807) is 12.1 Å². The van der Waals surface area contributed by atoms with Crippen LogP contribution in [-0.4, -0.2) is 19.3 Å². The van der Waals surface area contributed by atoms with Crippen LogP contribution in [0.5, 0.6) is 0 Å². The zero-order valence-corrected chi connectivity index (χ0v) is 9.49. The molecule has 1 aliphatic heterocycles. The Bertz CT molecular complexity index is 340. The molecule has 1 aromatic carbocycles. The van der Waals surface area contributed by atoms with E-state index >= 15 is 0 Å². The highest BCUT2D eigenvalue weighted by molar-refractivity contribution is 5.16. The topological polar surface area (TPSA) is 18.5 Å². The normalized spacial score (nSPS) is 24.1. The minimum atomic E-state index is -0.198. The first-order chi connectivity index (χ1) is 7.77. The van der Waals surface area contributed by atoms with Crippen molar-refractivity contribution < 1.29 is 13.9 Å². The molecule has 0 aromatic heterocycles. The van der Waals surface area contributed by atoms with Crippen LogP contribution in [0.25, 0.3) is 0 Å². The molecule has 0 N–H and O–H groups in total. The van der Waals surface area contributed by atoms with Gasteiger partial charge in [0.15, 0.2) is 0 Å². The van der Waals surface area contributed by atoms with Gasteiger partial charge >= 0.3 is 0 Å². The lowest BCUT2D eigenvalue weighted by Crippen LogP contribution is -2.38. The maximum absolute atomic E-state index is 13.2. The molecule has 1 aliphatic rings. The van der Waals surface area contributed by atoms with Gasteiger partial charge in [0, 0.05) is 18.1 Å². The lowest BCUT2D eigenvalue weighted by Gasteiger charge is -2.34. The Morgan fingerprint density at radius 1 is 1.44 bits per heavy atom. The Labute approximate surface area is 95.4 Å². The van der Waals surface area contributed by atoms with Crippen LogP contribution in [0, 0.1) is 11.7 Å². The molecule has 0 radical (unpaired) electrons. The molecule has 1 heterocycles. The van der Waals surface area contributed by atoms with Crippen molar-refractivity contribution in [1.29, 1.82) is 0 Å². The second-order valence-electron chi connectivity index (χ2n) is 4.28. The highest BCUT2D eigenvalue weighted by Crippen LogP contribution is 2.22. The Kier molecular flexibility index (Phi) is 3.91. The minimum absolute atomic E-state index is 0.198. The van der Waals surface area contributed by atoms with E-state index in [9.17, 15) is 4.39 Å². The second kappa shape index (κ2) is 5.41. The molecule has 1 aromatic rings. The van der Waals surface area contributed by atoms with Crippen LogP contribution in [0.15, 0.2) is 24.3 Å². The second-order valence-corrected chi connectivity index (χ2v) is 4.28. The Hall–Kier alpha value is -0.930. The van der Waals surface area contributed by atoms with Gasteiger partial charge in [-0.05, 0) is 12.5 Å². The van der Waals surface area contributed by atoms with Gasteiger partial charge in [-0.3, -0.25) is 0 Å². The Morgan fingerprint density at radius 2 is 2.25 bits per heavy atom. The number of benzene rings is 1. The van der Waals surface area contributed by atoms with Crippen molar-refractivity contribution >= 4 is 0 Å². The summed E-state index contributed by atoms with van der Waals surface area (Å²) < 4.78 is 24.0. The Morgan fingerprint density at radius 3 is 2.88 bits per heavy atom. The summed E-state index contributed by atoms with van der Waals surface area (Å²) in [7, 11) is 0. The molecule has 1 saturated heterocycles. The number of hydrogen-bond donors (Lipinski definition) is 0. The summed E-state index contributed by atoms with van der Waals surface area (Å²) in [6.07, 6.45) is 1.23. The standard InChI is InChI=1S/C13H17FO2/c1-10-8-16-13(10)6-7-15-9-11-4-2-3-5-12(11)14/h2-5,10,13H,6-9H2,1H3. The van der Waals surface area contributed by atoms with Crippen LogP contribution in [-0.2, 0) is 16.1 Å². The maximum atomic E-state index is 13.2. The average Bonchev–Trinajstić information content (AvgIpc) is 2.29. The molecule has 3 heteroatoms. The summed E-state index contributed by atoms with van der Waals surface area (Å²) in [4.78, 5) is 0. The molecule has 2 rings (SSSR count). The Balaban J connectivity index is 1.66. The van der Waals surface area contributed by atoms with Gasteiger partial charge in [-0.2, -0.15) is 0 Å². The van der Waals surface area contributed by atoms with Crippen molar-refractivity contribution in [2.75, 3.05) is 13.2 Å². The largest absolute Gasteiger partial charge is 0.377 e. The van der Waals surface area contributed by atoms with E-state index < -0.39 is 0 Å². The van der Waals surface area contributed by atoms with Crippen LogP contribution >= 0.6 is 0 Å². The van der Waals surface area contributed by atoms with Gasteiger partial charge in [-0.25, -0.2) is 4.39 Å². The zero-order valence-electron chi connectivity index (χ0n) is 9.49. The fraction of sp³-hybridized carbons (Fsp3) is 0.538. The molecule has 2 nitrogen and oxygen atoms in total. The van der Waals surface area contributed by atoms with Crippen LogP contribution in [0.1, 0.15) is 18.9 Å². The van der Waals surface area contributed by atoms with E-state index in [1.807, 2.05) is 6.07 Å². The van der Waals surface area contributed by atoms with Crippen molar-refractivity contribution in [1.82, 2.24) is 0 Å². The van der Waals surface area contributed by atoms with E-state index in [-0.39, 0.29) is 5.82 Å². The first-order valence-electron chi connectivity index (χ1n) is 5.70. The van der Waals surface area contributed by atoms with Gasteiger partial charge < -0.3 is 9.47 Å². The lowest BCUT2D eigenvalue weighted by molar-refractivity contribution is -0.118. The minimum Gasteiger partial charge on any atom is -0.377 e. The molecule has 0 spiro atoms. The van der Waals surface area contributed by atoms with Crippen molar-refractivity contribution in [2.45, 2.75) is 26.1 Å². The summed E-state index contributed by atoms with van der Waals surface area (Å²) in [6.45, 7) is 4.00. The summed E-state index contributed by atoms with van der Waals surface area (Å²) in [5.74, 6) is 0.438. The van der Waals surface area contributed by atoms with E-state index in [1.165, 1.54) is 6.07 Å². The fourth-order valence-electron chi connectivity index (χ4n) is 1.79. The molecule has 2 unspecified atom stereocenters. The molecule has 16 heavy (non-hydrogen) atoms. The van der Waals surface area contributed by atoms with Gasteiger partial charge in [0.1, 0.15) is 5.82 Å². The van der Waals surface area contributed by atoms with E-state index in [0.29, 0.717) is 30.8 Å². The average molecular weight is 224 g/mol. The van der Waals surface area contributed by atoms with Gasteiger partial charge in [0.25, 0.3) is 0 Å². The quantitative estimate of drug-likeness (QED) is 0.716. The molecule has 2 atom stereocenters. The highest BCUT2D eigenvalue weighted by atomic mass is 19.1. The SMILES string of the molecule is CC1COC1CCOCc1ccccc1F. The third-order valence-electron chi connectivity index (χ3n) is 2.97. The molecule has 88 valence electrons. The van der Waals surface area contributed by atoms with Crippen molar-refractivity contribution in [2.24, 2.45) is 5.92 Å². The third-order valence-corrected chi connectivity index (χ3v) is 2.97. The molecular weight excluding hydrogens is 207 g/mol. The van der Waals surface area contributed by atoms with Gasteiger partial charge in [-0.15, -0.1) is 0 Å². The first-order valence-corrected chi connectivity index (χ1v) is 5.70. The number of hydrogen-bond acceptors (Lipinski definition) is 2. The molecule has 0 aliphatic carbocycles. The van der Waals surface area contributed by atoms with E-state index in [0.717, 1.165) is 13.0 Å². The predicted octanol–water partition coefficient (Wildman–Crippen LogP) is 2.77. The summed E-state index contributed by atoms with van der Waals surface area (Å²) in [6, 6.07) is 6.70. The van der Waals surface area contributed by atoms with Gasteiger partial charge in [0.2, 0.25) is 0 Å². The van der Waals surface area contributed by atoms with Gasteiger partial charge in [-0.1, -0.05) is 25.1 Å². The zero-order chi connectivity index (χ0) is 11.4. The van der Waals surface area contributed by atoms with E-state index in [4.69, 9.17) is 9.47 Å². The van der Waals surface area contributed by atoms with Crippen molar-refractivity contribution in [3.05, 3.63) is 35.6 Å². The van der Waals surface area contributed by atoms with Crippen LogP contribution in [0.2, 0.25) is 0 Å². The van der Waals surface area contributed by atoms with Crippen molar-refractivity contribution in [3.8, 4) is 0 Å². The number of halogens is 1. The van der Waals surface area contributed by atoms with Gasteiger partial charge in [0.05, 0.1) is 19.3 Å². The first kappa shape index (κ1) is 11.6. The predicted molar refractivity (Wildman–Crippen MR) is 59.6 cm³/mol. The number of ether oxygens (including phenoxy) is 2. The molecule has 0 saturated carbocycles. The summed E-state index contributed by atoms with van der Waals surface area (Å²) in [5, 5.41) is 0. The molecule has 0 amide bonds. The monoisotopic (exact) mass is 224 g/mol.